The zero-order chi connectivity index (χ0) is 15.6. The lowest BCUT2D eigenvalue weighted by molar-refractivity contribution is -0.122. The summed E-state index contributed by atoms with van der Waals surface area (Å²) >= 11 is 3.49. The number of nitrogens with two attached hydrogens (primary N) is 1. The van der Waals surface area contributed by atoms with Gasteiger partial charge in [-0.1, -0.05) is 34.1 Å². The minimum atomic E-state index is -0.0937. The summed E-state index contributed by atoms with van der Waals surface area (Å²) in [6, 6.07) is 7.75. The van der Waals surface area contributed by atoms with Crippen LogP contribution in [-0.4, -0.2) is 15.7 Å². The van der Waals surface area contributed by atoms with Crippen LogP contribution in [0.5, 0.6) is 0 Å². The van der Waals surface area contributed by atoms with E-state index in [1.165, 1.54) is 0 Å². The summed E-state index contributed by atoms with van der Waals surface area (Å²) in [6.07, 6.45) is 0. The predicted molar refractivity (Wildman–Crippen MR) is 86.8 cm³/mol. The van der Waals surface area contributed by atoms with Crippen molar-refractivity contribution >= 4 is 27.5 Å². The Hall–Kier alpha value is -1.82. The molecule has 0 radical (unpaired) electrons. The van der Waals surface area contributed by atoms with Gasteiger partial charge in [0.05, 0.1) is 23.1 Å². The van der Waals surface area contributed by atoms with Crippen LogP contribution in [0, 0.1) is 13.8 Å². The first-order valence-corrected chi connectivity index (χ1v) is 7.52. The van der Waals surface area contributed by atoms with Crippen molar-refractivity contribution in [2.45, 2.75) is 33.4 Å². The van der Waals surface area contributed by atoms with E-state index in [2.05, 4.69) is 26.3 Å². The molecule has 3 N–H and O–H groups in total. The molecule has 21 heavy (non-hydrogen) atoms. The van der Waals surface area contributed by atoms with Crippen molar-refractivity contribution in [2.75, 3.05) is 5.73 Å². The number of rotatable bonds is 4. The third kappa shape index (κ3) is 3.44. The standard InChI is InChI=1S/C15H19BrN4O/c1-9(12-6-4-5-7-13(12)16)18-14(21)8-20-11(3)15(17)10(2)19-20/h4-7,9H,8,17H2,1-3H3,(H,18,21). The Balaban J connectivity index is 2.05. The van der Waals surface area contributed by atoms with E-state index in [9.17, 15) is 4.79 Å². The quantitative estimate of drug-likeness (QED) is 0.890. The van der Waals surface area contributed by atoms with Gasteiger partial charge in [0, 0.05) is 4.47 Å². The number of aromatic nitrogens is 2. The average Bonchev–Trinajstić information content (AvgIpc) is 2.66. The van der Waals surface area contributed by atoms with E-state index in [4.69, 9.17) is 5.73 Å². The molecule has 2 aromatic rings. The highest BCUT2D eigenvalue weighted by molar-refractivity contribution is 9.10. The SMILES string of the molecule is Cc1nn(CC(=O)NC(C)c2ccccc2Br)c(C)c1N. The summed E-state index contributed by atoms with van der Waals surface area (Å²) < 4.78 is 2.61. The van der Waals surface area contributed by atoms with E-state index in [1.807, 2.05) is 45.0 Å². The summed E-state index contributed by atoms with van der Waals surface area (Å²) in [4.78, 5) is 12.2. The second-order valence-corrected chi connectivity index (χ2v) is 5.91. The molecule has 112 valence electrons. The van der Waals surface area contributed by atoms with E-state index >= 15 is 0 Å². The Morgan fingerprint density at radius 1 is 1.43 bits per heavy atom. The van der Waals surface area contributed by atoms with Crippen LogP contribution in [0.25, 0.3) is 0 Å². The number of amides is 1. The van der Waals surface area contributed by atoms with Crippen molar-refractivity contribution < 1.29 is 4.79 Å². The van der Waals surface area contributed by atoms with Gasteiger partial charge in [-0.05, 0) is 32.4 Å². The zero-order valence-corrected chi connectivity index (χ0v) is 13.9. The molecule has 0 saturated heterocycles. The van der Waals surface area contributed by atoms with Crippen molar-refractivity contribution in [3.05, 3.63) is 45.7 Å². The fourth-order valence-electron chi connectivity index (χ4n) is 2.19. The van der Waals surface area contributed by atoms with Crippen LogP contribution in [0.3, 0.4) is 0 Å². The zero-order valence-electron chi connectivity index (χ0n) is 12.4. The van der Waals surface area contributed by atoms with Crippen LogP contribution < -0.4 is 11.1 Å². The van der Waals surface area contributed by atoms with E-state index < -0.39 is 0 Å². The summed E-state index contributed by atoms with van der Waals surface area (Å²) in [7, 11) is 0. The minimum Gasteiger partial charge on any atom is -0.396 e. The highest BCUT2D eigenvalue weighted by Crippen LogP contribution is 2.22. The molecule has 1 aromatic carbocycles. The monoisotopic (exact) mass is 350 g/mol. The molecule has 0 bridgehead atoms. The molecule has 1 heterocycles. The number of benzene rings is 1. The lowest BCUT2D eigenvalue weighted by Crippen LogP contribution is -2.31. The first-order chi connectivity index (χ1) is 9.90. The van der Waals surface area contributed by atoms with Crippen molar-refractivity contribution in [2.24, 2.45) is 0 Å². The van der Waals surface area contributed by atoms with Crippen LogP contribution in [0.15, 0.2) is 28.7 Å². The Morgan fingerprint density at radius 2 is 2.10 bits per heavy atom. The molecule has 1 aromatic heterocycles. The van der Waals surface area contributed by atoms with E-state index in [-0.39, 0.29) is 18.5 Å². The van der Waals surface area contributed by atoms with Crippen molar-refractivity contribution in [1.82, 2.24) is 15.1 Å². The molecule has 1 amide bonds. The average molecular weight is 351 g/mol. The van der Waals surface area contributed by atoms with Crippen molar-refractivity contribution in [3.8, 4) is 0 Å². The van der Waals surface area contributed by atoms with Gasteiger partial charge in [-0.3, -0.25) is 9.48 Å². The number of anilines is 1. The molecular formula is C15H19BrN4O. The summed E-state index contributed by atoms with van der Waals surface area (Å²) in [5.74, 6) is -0.0937. The summed E-state index contributed by atoms with van der Waals surface area (Å²) in [5, 5.41) is 7.24. The van der Waals surface area contributed by atoms with Gasteiger partial charge in [0.1, 0.15) is 6.54 Å². The van der Waals surface area contributed by atoms with Gasteiger partial charge in [-0.25, -0.2) is 0 Å². The summed E-state index contributed by atoms with van der Waals surface area (Å²) in [5.41, 5.74) is 9.12. The number of nitrogen functional groups attached to an aromatic ring is 1. The largest absolute Gasteiger partial charge is 0.396 e. The Bertz CT molecular complexity index is 666. The van der Waals surface area contributed by atoms with Crippen molar-refractivity contribution in [1.29, 1.82) is 0 Å². The molecule has 0 aliphatic rings. The molecule has 0 spiro atoms. The molecule has 6 heteroatoms. The molecule has 1 atom stereocenters. The maximum absolute atomic E-state index is 12.2. The Morgan fingerprint density at radius 3 is 2.67 bits per heavy atom. The molecule has 0 fully saturated rings. The predicted octanol–water partition coefficient (Wildman–Crippen LogP) is 2.72. The number of nitrogens with zero attached hydrogens (tertiary/aromatic N) is 2. The first kappa shape index (κ1) is 15.6. The molecule has 2 rings (SSSR count). The fourth-order valence-corrected chi connectivity index (χ4v) is 2.82. The number of hydrogen-bond acceptors (Lipinski definition) is 3. The first-order valence-electron chi connectivity index (χ1n) is 6.73. The van der Waals surface area contributed by atoms with E-state index in [0.717, 1.165) is 21.4 Å². The normalized spacial score (nSPS) is 12.2. The van der Waals surface area contributed by atoms with Gasteiger partial charge in [-0.15, -0.1) is 0 Å². The fraction of sp³-hybridized carbons (Fsp3) is 0.333. The number of aryl methyl sites for hydroxylation is 1. The van der Waals surface area contributed by atoms with Crippen LogP contribution in [0.4, 0.5) is 5.69 Å². The third-order valence-corrected chi connectivity index (χ3v) is 4.20. The Kier molecular flexibility index (Phi) is 4.67. The topological polar surface area (TPSA) is 72.9 Å². The number of carbonyl (C=O) groups is 1. The van der Waals surface area contributed by atoms with Gasteiger partial charge in [0.25, 0.3) is 0 Å². The van der Waals surface area contributed by atoms with Gasteiger partial charge in [-0.2, -0.15) is 5.10 Å². The number of nitrogens with one attached hydrogen (secondary N) is 1. The van der Waals surface area contributed by atoms with E-state index in [0.29, 0.717) is 5.69 Å². The second kappa shape index (κ2) is 6.30. The maximum Gasteiger partial charge on any atom is 0.242 e. The smallest absolute Gasteiger partial charge is 0.242 e. The lowest BCUT2D eigenvalue weighted by Gasteiger charge is -2.16. The maximum atomic E-state index is 12.2. The number of halogens is 1. The summed E-state index contributed by atoms with van der Waals surface area (Å²) in [6.45, 7) is 5.81. The molecule has 0 aliphatic heterocycles. The van der Waals surface area contributed by atoms with Gasteiger partial charge < -0.3 is 11.1 Å². The molecule has 5 nitrogen and oxygen atoms in total. The van der Waals surface area contributed by atoms with Crippen LogP contribution in [-0.2, 0) is 11.3 Å². The highest BCUT2D eigenvalue weighted by atomic mass is 79.9. The van der Waals surface area contributed by atoms with Crippen LogP contribution >= 0.6 is 15.9 Å². The lowest BCUT2D eigenvalue weighted by atomic mass is 10.1. The second-order valence-electron chi connectivity index (χ2n) is 5.05. The Labute approximate surface area is 132 Å². The molecule has 0 aliphatic carbocycles. The van der Waals surface area contributed by atoms with Crippen LogP contribution in [0.1, 0.15) is 29.9 Å². The van der Waals surface area contributed by atoms with E-state index in [1.54, 1.807) is 4.68 Å². The minimum absolute atomic E-state index is 0.0811. The van der Waals surface area contributed by atoms with Gasteiger partial charge in [0.2, 0.25) is 5.91 Å². The number of carbonyl (C=O) groups excluding carboxylic acids is 1. The van der Waals surface area contributed by atoms with Gasteiger partial charge in [0.15, 0.2) is 0 Å². The molecule has 0 saturated carbocycles. The van der Waals surface area contributed by atoms with Crippen LogP contribution in [0.2, 0.25) is 0 Å². The van der Waals surface area contributed by atoms with Crippen molar-refractivity contribution in [3.63, 3.8) is 0 Å². The number of hydrogen-bond donors (Lipinski definition) is 2. The molecular weight excluding hydrogens is 332 g/mol. The molecule has 1 unspecified atom stereocenters. The highest BCUT2D eigenvalue weighted by Gasteiger charge is 2.15. The van der Waals surface area contributed by atoms with Gasteiger partial charge >= 0.3 is 0 Å². The third-order valence-electron chi connectivity index (χ3n) is 3.48.